The molecule has 0 atom stereocenters. The lowest BCUT2D eigenvalue weighted by Crippen LogP contribution is -2.26. The maximum atomic E-state index is 11.8. The fourth-order valence-electron chi connectivity index (χ4n) is 1.71. The van der Waals surface area contributed by atoms with Crippen LogP contribution in [0.4, 0.5) is 0 Å². The van der Waals surface area contributed by atoms with Crippen LogP contribution < -0.4 is 5.32 Å². The molecule has 1 N–H and O–H groups in total. The summed E-state index contributed by atoms with van der Waals surface area (Å²) in [5, 5.41) is 11.1. The Morgan fingerprint density at radius 1 is 1.39 bits per heavy atom. The molecular weight excluding hydrogens is 230 g/mol. The first-order valence-corrected chi connectivity index (χ1v) is 5.83. The smallest absolute Gasteiger partial charge is 0.271 e. The topological polar surface area (TPSA) is 64.7 Å². The van der Waals surface area contributed by atoms with Crippen LogP contribution >= 0.6 is 0 Å². The van der Waals surface area contributed by atoms with E-state index in [9.17, 15) is 4.79 Å². The van der Waals surface area contributed by atoms with Gasteiger partial charge in [-0.2, -0.15) is 10.2 Å². The highest BCUT2D eigenvalue weighted by Gasteiger charge is 2.10. The number of nitrogens with zero attached hydrogens (tertiary/aromatic N) is 4. The lowest BCUT2D eigenvalue weighted by atomic mass is 10.3. The maximum Gasteiger partial charge on any atom is 0.271 e. The number of aromatic nitrogens is 4. The summed E-state index contributed by atoms with van der Waals surface area (Å²) in [5.74, 6) is -0.138. The van der Waals surface area contributed by atoms with E-state index in [0.717, 1.165) is 17.8 Å². The van der Waals surface area contributed by atoms with Gasteiger partial charge in [-0.15, -0.1) is 0 Å². The Balaban J connectivity index is 1.87. The first kappa shape index (κ1) is 12.3. The molecule has 0 spiro atoms. The van der Waals surface area contributed by atoms with Crippen molar-refractivity contribution in [3.05, 3.63) is 35.4 Å². The normalized spacial score (nSPS) is 10.6. The van der Waals surface area contributed by atoms with Gasteiger partial charge in [0.25, 0.3) is 5.91 Å². The van der Waals surface area contributed by atoms with Crippen LogP contribution in [0.3, 0.4) is 0 Å². The molecule has 0 aliphatic carbocycles. The average molecular weight is 247 g/mol. The number of amides is 1. The van der Waals surface area contributed by atoms with Crippen LogP contribution in [-0.2, 0) is 20.5 Å². The minimum atomic E-state index is -0.138. The zero-order valence-corrected chi connectivity index (χ0v) is 10.8. The molecule has 0 aromatic carbocycles. The highest BCUT2D eigenvalue weighted by atomic mass is 16.1. The van der Waals surface area contributed by atoms with E-state index in [1.165, 1.54) is 0 Å². The fourth-order valence-corrected chi connectivity index (χ4v) is 1.71. The van der Waals surface area contributed by atoms with Gasteiger partial charge in [-0.25, -0.2) is 0 Å². The molecule has 96 valence electrons. The number of carbonyl (C=O) groups excluding carboxylic acids is 1. The van der Waals surface area contributed by atoms with Crippen molar-refractivity contribution < 1.29 is 4.79 Å². The summed E-state index contributed by atoms with van der Waals surface area (Å²) in [4.78, 5) is 11.8. The SMILES string of the molecule is Cc1cc(C(=O)NCCc2ccnn2C)nn1C. The van der Waals surface area contributed by atoms with Crippen LogP contribution in [0, 0.1) is 6.92 Å². The maximum absolute atomic E-state index is 11.8. The largest absolute Gasteiger partial charge is 0.350 e. The van der Waals surface area contributed by atoms with Crippen LogP contribution in [-0.4, -0.2) is 32.0 Å². The minimum Gasteiger partial charge on any atom is -0.350 e. The third-order valence-electron chi connectivity index (χ3n) is 2.94. The first-order valence-electron chi connectivity index (χ1n) is 5.83. The number of carbonyl (C=O) groups is 1. The van der Waals surface area contributed by atoms with E-state index in [-0.39, 0.29) is 5.91 Å². The van der Waals surface area contributed by atoms with Gasteiger partial charge in [0.2, 0.25) is 0 Å². The first-order chi connectivity index (χ1) is 8.58. The standard InChI is InChI=1S/C12H17N5O/c1-9-8-11(15-16(9)2)12(18)13-6-4-10-5-7-14-17(10)3/h5,7-8H,4,6H2,1-3H3,(H,13,18). The van der Waals surface area contributed by atoms with Gasteiger partial charge < -0.3 is 5.32 Å². The molecule has 6 nitrogen and oxygen atoms in total. The van der Waals surface area contributed by atoms with E-state index in [2.05, 4.69) is 15.5 Å². The van der Waals surface area contributed by atoms with Crippen LogP contribution in [0.15, 0.2) is 18.3 Å². The third-order valence-corrected chi connectivity index (χ3v) is 2.94. The molecular formula is C12H17N5O. The van der Waals surface area contributed by atoms with Crippen molar-refractivity contribution in [3.8, 4) is 0 Å². The minimum absolute atomic E-state index is 0.138. The van der Waals surface area contributed by atoms with E-state index in [0.29, 0.717) is 12.2 Å². The van der Waals surface area contributed by atoms with E-state index in [1.54, 1.807) is 21.6 Å². The van der Waals surface area contributed by atoms with Gasteiger partial charge in [0.15, 0.2) is 0 Å². The highest BCUT2D eigenvalue weighted by molar-refractivity contribution is 5.92. The second-order valence-corrected chi connectivity index (χ2v) is 4.25. The number of hydrogen-bond donors (Lipinski definition) is 1. The molecule has 2 heterocycles. The fraction of sp³-hybridized carbons (Fsp3) is 0.417. The Morgan fingerprint density at radius 2 is 2.17 bits per heavy atom. The van der Waals surface area contributed by atoms with Crippen molar-refractivity contribution in [1.82, 2.24) is 24.9 Å². The molecule has 0 saturated carbocycles. The molecule has 18 heavy (non-hydrogen) atoms. The van der Waals surface area contributed by atoms with Crippen LogP contribution in [0.2, 0.25) is 0 Å². The number of rotatable bonds is 4. The predicted molar refractivity (Wildman–Crippen MR) is 67.2 cm³/mol. The molecule has 0 radical (unpaired) electrons. The molecule has 0 bridgehead atoms. The molecule has 0 aliphatic heterocycles. The lowest BCUT2D eigenvalue weighted by molar-refractivity contribution is 0.0948. The summed E-state index contributed by atoms with van der Waals surface area (Å²) in [6.45, 7) is 2.49. The van der Waals surface area contributed by atoms with Gasteiger partial charge >= 0.3 is 0 Å². The number of nitrogens with one attached hydrogen (secondary N) is 1. The monoisotopic (exact) mass is 247 g/mol. The zero-order chi connectivity index (χ0) is 13.1. The average Bonchev–Trinajstić information content (AvgIpc) is 2.87. The molecule has 1 amide bonds. The molecule has 0 aliphatic rings. The molecule has 2 aromatic heterocycles. The van der Waals surface area contributed by atoms with E-state index in [4.69, 9.17) is 0 Å². The van der Waals surface area contributed by atoms with Crippen LogP contribution in [0.1, 0.15) is 21.9 Å². The zero-order valence-electron chi connectivity index (χ0n) is 10.8. The summed E-state index contributed by atoms with van der Waals surface area (Å²) in [6.07, 6.45) is 2.51. The van der Waals surface area contributed by atoms with Crippen molar-refractivity contribution in [3.63, 3.8) is 0 Å². The van der Waals surface area contributed by atoms with Gasteiger partial charge in [-0.1, -0.05) is 0 Å². The van der Waals surface area contributed by atoms with Gasteiger partial charge in [0.1, 0.15) is 5.69 Å². The summed E-state index contributed by atoms with van der Waals surface area (Å²) in [5.41, 5.74) is 2.51. The van der Waals surface area contributed by atoms with E-state index >= 15 is 0 Å². The van der Waals surface area contributed by atoms with Crippen LogP contribution in [0.25, 0.3) is 0 Å². The van der Waals surface area contributed by atoms with Gasteiger partial charge in [-0.3, -0.25) is 14.2 Å². The Hall–Kier alpha value is -2.11. The molecule has 0 unspecified atom stereocenters. The Bertz CT molecular complexity index is 535. The Labute approximate surface area is 106 Å². The Morgan fingerprint density at radius 3 is 2.72 bits per heavy atom. The quantitative estimate of drug-likeness (QED) is 0.852. The molecule has 0 saturated heterocycles. The van der Waals surface area contributed by atoms with Crippen molar-refractivity contribution in [2.45, 2.75) is 13.3 Å². The summed E-state index contributed by atoms with van der Waals surface area (Å²) in [6, 6.07) is 3.72. The number of hydrogen-bond acceptors (Lipinski definition) is 3. The van der Waals surface area contributed by atoms with Crippen molar-refractivity contribution in [2.24, 2.45) is 14.1 Å². The van der Waals surface area contributed by atoms with E-state index in [1.807, 2.05) is 27.1 Å². The third kappa shape index (κ3) is 2.58. The molecule has 6 heteroatoms. The Kier molecular flexibility index (Phi) is 3.45. The predicted octanol–water partition coefficient (Wildman–Crippen LogP) is 0.435. The molecule has 0 fully saturated rings. The van der Waals surface area contributed by atoms with Crippen molar-refractivity contribution >= 4 is 5.91 Å². The number of aryl methyl sites for hydroxylation is 3. The second kappa shape index (κ2) is 5.03. The molecule has 2 rings (SSSR count). The van der Waals surface area contributed by atoms with Gasteiger partial charge in [-0.05, 0) is 19.1 Å². The van der Waals surface area contributed by atoms with E-state index < -0.39 is 0 Å². The van der Waals surface area contributed by atoms with Crippen molar-refractivity contribution in [1.29, 1.82) is 0 Å². The highest BCUT2D eigenvalue weighted by Crippen LogP contribution is 2.01. The lowest BCUT2D eigenvalue weighted by Gasteiger charge is -2.03. The summed E-state index contributed by atoms with van der Waals surface area (Å²) < 4.78 is 3.49. The second-order valence-electron chi connectivity index (χ2n) is 4.25. The van der Waals surface area contributed by atoms with Crippen LogP contribution in [0.5, 0.6) is 0 Å². The van der Waals surface area contributed by atoms with Gasteiger partial charge in [0, 0.05) is 44.6 Å². The summed E-state index contributed by atoms with van der Waals surface area (Å²) >= 11 is 0. The molecule has 2 aromatic rings. The van der Waals surface area contributed by atoms with Crippen molar-refractivity contribution in [2.75, 3.05) is 6.54 Å². The summed E-state index contributed by atoms with van der Waals surface area (Å²) in [7, 11) is 3.71. The van der Waals surface area contributed by atoms with Gasteiger partial charge in [0.05, 0.1) is 0 Å².